The molecule has 0 saturated carbocycles. The van der Waals surface area contributed by atoms with Crippen molar-refractivity contribution in [1.82, 2.24) is 10.2 Å². The summed E-state index contributed by atoms with van der Waals surface area (Å²) >= 11 is 0. The molecule has 0 radical (unpaired) electrons. The van der Waals surface area contributed by atoms with Gasteiger partial charge in [0.2, 0.25) is 5.91 Å². The quantitative estimate of drug-likeness (QED) is 0.500. The highest BCUT2D eigenvalue weighted by Crippen LogP contribution is 2.35. The van der Waals surface area contributed by atoms with Gasteiger partial charge in [0.05, 0.1) is 6.04 Å². The lowest BCUT2D eigenvalue weighted by molar-refractivity contribution is -0.133. The van der Waals surface area contributed by atoms with Gasteiger partial charge < -0.3 is 11.1 Å². The van der Waals surface area contributed by atoms with Crippen LogP contribution in [0.3, 0.4) is 0 Å². The average Bonchev–Trinajstić information content (AvgIpc) is 2.76. The van der Waals surface area contributed by atoms with E-state index < -0.39 is 5.54 Å². The molecule has 1 saturated heterocycles. The second-order valence-electron chi connectivity index (χ2n) is 8.09. The number of hydrogen-bond acceptors (Lipinski definition) is 3. The zero-order valence-electron chi connectivity index (χ0n) is 17.6. The van der Waals surface area contributed by atoms with Crippen LogP contribution in [0.2, 0.25) is 0 Å². The first-order valence-electron chi connectivity index (χ1n) is 10.6. The molecule has 1 aliphatic heterocycles. The molecule has 3 aromatic carbocycles. The Balaban J connectivity index is 0.00000272. The van der Waals surface area contributed by atoms with Crippen LogP contribution < -0.4 is 11.1 Å². The number of aryl methyl sites for hydroxylation is 1. The van der Waals surface area contributed by atoms with Gasteiger partial charge in [0.15, 0.2) is 0 Å². The number of amides is 1. The first-order valence-corrected chi connectivity index (χ1v) is 10.6. The molecule has 3 aromatic rings. The molecular formula is C26H30ClN3O. The molecule has 162 valence electrons. The van der Waals surface area contributed by atoms with Crippen LogP contribution in [0.5, 0.6) is 0 Å². The Morgan fingerprint density at radius 2 is 1.35 bits per heavy atom. The van der Waals surface area contributed by atoms with E-state index in [1.807, 2.05) is 18.2 Å². The monoisotopic (exact) mass is 435 g/mol. The van der Waals surface area contributed by atoms with Crippen LogP contribution in [-0.4, -0.2) is 36.0 Å². The first-order chi connectivity index (χ1) is 14.7. The van der Waals surface area contributed by atoms with Gasteiger partial charge >= 0.3 is 0 Å². The zero-order chi connectivity index (χ0) is 20.8. The highest BCUT2D eigenvalue weighted by molar-refractivity contribution is 5.86. The van der Waals surface area contributed by atoms with Gasteiger partial charge in [-0.1, -0.05) is 91.0 Å². The molecule has 0 bridgehead atoms. The fourth-order valence-corrected chi connectivity index (χ4v) is 4.33. The number of halogens is 1. The Labute approximate surface area is 190 Å². The summed E-state index contributed by atoms with van der Waals surface area (Å²) in [5.41, 5.74) is 8.95. The lowest BCUT2D eigenvalue weighted by Gasteiger charge is -2.52. The minimum Gasteiger partial charge on any atom is -0.368 e. The molecule has 1 amide bonds. The summed E-state index contributed by atoms with van der Waals surface area (Å²) in [4.78, 5) is 14.7. The van der Waals surface area contributed by atoms with Gasteiger partial charge in [-0.05, 0) is 36.1 Å². The number of nitrogens with one attached hydrogen (secondary N) is 1. The molecule has 3 N–H and O–H groups in total. The minimum atomic E-state index is -0.654. The van der Waals surface area contributed by atoms with Crippen molar-refractivity contribution in [2.75, 3.05) is 19.6 Å². The van der Waals surface area contributed by atoms with Crippen molar-refractivity contribution in [3.8, 4) is 0 Å². The van der Waals surface area contributed by atoms with E-state index in [-0.39, 0.29) is 24.4 Å². The topological polar surface area (TPSA) is 58.4 Å². The van der Waals surface area contributed by atoms with Crippen molar-refractivity contribution in [2.24, 2.45) is 5.73 Å². The minimum absolute atomic E-state index is 0. The normalized spacial score (nSPS) is 15.1. The van der Waals surface area contributed by atoms with Gasteiger partial charge in [0, 0.05) is 13.1 Å². The Bertz CT molecular complexity index is 905. The summed E-state index contributed by atoms with van der Waals surface area (Å²) in [6.45, 7) is 2.00. The van der Waals surface area contributed by atoms with E-state index in [0.717, 1.165) is 19.4 Å². The Morgan fingerprint density at radius 3 is 1.84 bits per heavy atom. The van der Waals surface area contributed by atoms with E-state index >= 15 is 0 Å². The Morgan fingerprint density at radius 1 is 0.871 bits per heavy atom. The number of hydrogen-bond donors (Lipinski definition) is 2. The number of benzene rings is 3. The van der Waals surface area contributed by atoms with Gasteiger partial charge in [-0.25, -0.2) is 0 Å². The molecule has 0 spiro atoms. The number of nitrogens with two attached hydrogens (primary N) is 1. The smallest absolute Gasteiger partial charge is 0.240 e. The second kappa shape index (κ2) is 10.6. The predicted octanol–water partition coefficient (Wildman–Crippen LogP) is 3.96. The molecule has 0 aliphatic carbocycles. The molecule has 4 nitrogen and oxygen atoms in total. The van der Waals surface area contributed by atoms with Crippen molar-refractivity contribution in [1.29, 1.82) is 0 Å². The molecule has 0 unspecified atom stereocenters. The van der Waals surface area contributed by atoms with Crippen LogP contribution in [0.15, 0.2) is 91.0 Å². The molecule has 4 rings (SSSR count). The first kappa shape index (κ1) is 23.0. The highest BCUT2D eigenvalue weighted by Gasteiger charge is 2.50. The largest absolute Gasteiger partial charge is 0.368 e. The van der Waals surface area contributed by atoms with Crippen molar-refractivity contribution >= 4 is 18.3 Å². The number of carbonyl (C=O) groups is 1. The summed E-state index contributed by atoms with van der Waals surface area (Å²) in [6.07, 6.45) is 1.96. The summed E-state index contributed by atoms with van der Waals surface area (Å²) < 4.78 is 0. The summed E-state index contributed by atoms with van der Waals surface area (Å²) in [5, 5.41) is 3.47. The number of primary amides is 1. The zero-order valence-corrected chi connectivity index (χ0v) is 18.4. The standard InChI is InChI=1S/C26H29N3O.ClH/c27-25(30)26(28-18-10-13-21-11-4-1-5-12-21)19-29(20-26)24(22-14-6-2-7-15-22)23-16-8-3-9-17-23;/h1-9,11-12,14-17,24,28H,10,13,18-20H2,(H2,27,30);1H. The Kier molecular flexibility index (Phi) is 7.85. The predicted molar refractivity (Wildman–Crippen MR) is 128 cm³/mol. The third-order valence-electron chi connectivity index (χ3n) is 5.96. The van der Waals surface area contributed by atoms with Crippen molar-refractivity contribution in [3.63, 3.8) is 0 Å². The molecular weight excluding hydrogens is 406 g/mol. The number of nitrogens with zero attached hydrogens (tertiary/aromatic N) is 1. The second-order valence-corrected chi connectivity index (χ2v) is 8.09. The third-order valence-corrected chi connectivity index (χ3v) is 5.96. The summed E-state index contributed by atoms with van der Waals surface area (Å²) in [5.74, 6) is -0.265. The van der Waals surface area contributed by atoms with Gasteiger partial charge in [-0.2, -0.15) is 0 Å². The van der Waals surface area contributed by atoms with Crippen molar-refractivity contribution in [3.05, 3.63) is 108 Å². The van der Waals surface area contributed by atoms with E-state index in [1.54, 1.807) is 0 Å². The Hall–Kier alpha value is -2.66. The number of likely N-dealkylation sites (tertiary alicyclic amines) is 1. The lowest BCUT2D eigenvalue weighted by Crippen LogP contribution is -2.75. The van der Waals surface area contributed by atoms with E-state index in [2.05, 4.69) is 83.0 Å². The fourth-order valence-electron chi connectivity index (χ4n) is 4.33. The molecule has 1 aliphatic rings. The van der Waals surface area contributed by atoms with Crippen LogP contribution in [0.25, 0.3) is 0 Å². The van der Waals surface area contributed by atoms with Crippen LogP contribution >= 0.6 is 12.4 Å². The molecule has 31 heavy (non-hydrogen) atoms. The highest BCUT2D eigenvalue weighted by atomic mass is 35.5. The van der Waals surface area contributed by atoms with Crippen LogP contribution in [-0.2, 0) is 11.2 Å². The molecule has 1 heterocycles. The van der Waals surface area contributed by atoms with Crippen molar-refractivity contribution < 1.29 is 4.79 Å². The van der Waals surface area contributed by atoms with Gasteiger partial charge in [0.1, 0.15) is 5.54 Å². The van der Waals surface area contributed by atoms with E-state index in [9.17, 15) is 4.79 Å². The summed E-state index contributed by atoms with van der Waals surface area (Å²) in [6, 6.07) is 31.5. The number of carbonyl (C=O) groups excluding carboxylic acids is 1. The van der Waals surface area contributed by atoms with Gasteiger partial charge in [-0.15, -0.1) is 12.4 Å². The van der Waals surface area contributed by atoms with E-state index in [4.69, 9.17) is 5.73 Å². The molecule has 5 heteroatoms. The lowest BCUT2D eigenvalue weighted by atomic mass is 9.84. The fraction of sp³-hybridized carbons (Fsp3) is 0.269. The van der Waals surface area contributed by atoms with Crippen LogP contribution in [0.4, 0.5) is 0 Å². The summed E-state index contributed by atoms with van der Waals surface area (Å²) in [7, 11) is 0. The van der Waals surface area contributed by atoms with Crippen molar-refractivity contribution in [2.45, 2.75) is 24.4 Å². The number of rotatable bonds is 9. The molecule has 0 atom stereocenters. The maximum Gasteiger partial charge on any atom is 0.240 e. The maximum absolute atomic E-state index is 12.3. The molecule has 0 aromatic heterocycles. The van der Waals surface area contributed by atoms with Gasteiger partial charge in [0.25, 0.3) is 0 Å². The third kappa shape index (κ3) is 5.34. The van der Waals surface area contributed by atoms with E-state index in [0.29, 0.717) is 13.1 Å². The van der Waals surface area contributed by atoms with Gasteiger partial charge in [-0.3, -0.25) is 9.69 Å². The van der Waals surface area contributed by atoms with Crippen LogP contribution in [0.1, 0.15) is 29.2 Å². The molecule has 1 fully saturated rings. The van der Waals surface area contributed by atoms with E-state index in [1.165, 1.54) is 16.7 Å². The SMILES string of the molecule is Cl.NC(=O)C1(NCCCc2ccccc2)CN(C(c2ccccc2)c2ccccc2)C1. The maximum atomic E-state index is 12.3. The average molecular weight is 436 g/mol. The van der Waals surface area contributed by atoms with Crippen LogP contribution in [0, 0.1) is 0 Å².